The summed E-state index contributed by atoms with van der Waals surface area (Å²) in [5.41, 5.74) is -0.830. The highest BCUT2D eigenvalue weighted by atomic mass is 16.5. The zero-order valence-corrected chi connectivity index (χ0v) is 19.8. The number of benzene rings is 2. The van der Waals surface area contributed by atoms with Crippen LogP contribution < -0.4 is 4.74 Å². The molecular formula is C25H28O13. The van der Waals surface area contributed by atoms with E-state index in [9.17, 15) is 50.8 Å². The standard InChI is InChI=1S/C25H28O13/c26-9-3-1-8(2-4-9)13-5-10(27)14-19(32)15(24-21(34)17(30)11(28)6-36-24)20(33)16(23(14)38-13)25-22(35)18(31)12(29)7-37-25/h1-4,11-13,17-18,21-22,24-26,28-35H,5-7H2/t11-,12+,13?,17-,18-,21+,22+,24-,25-/m0/s1. The zero-order valence-electron chi connectivity index (χ0n) is 19.8. The molecule has 3 aliphatic rings. The maximum atomic E-state index is 13.4. The van der Waals surface area contributed by atoms with Gasteiger partial charge in [0, 0.05) is 0 Å². The number of phenols is 3. The first-order valence-corrected chi connectivity index (χ1v) is 11.9. The molecule has 5 rings (SSSR count). The maximum absolute atomic E-state index is 13.4. The van der Waals surface area contributed by atoms with Gasteiger partial charge in [0.15, 0.2) is 5.78 Å². The van der Waals surface area contributed by atoms with Gasteiger partial charge in [0.2, 0.25) is 0 Å². The van der Waals surface area contributed by atoms with Crippen molar-refractivity contribution in [2.24, 2.45) is 0 Å². The Morgan fingerprint density at radius 1 is 0.684 bits per heavy atom. The van der Waals surface area contributed by atoms with Gasteiger partial charge in [0.05, 0.1) is 30.8 Å². The van der Waals surface area contributed by atoms with E-state index in [1.807, 2.05) is 0 Å². The molecule has 9 N–H and O–H groups in total. The first-order chi connectivity index (χ1) is 18.0. The van der Waals surface area contributed by atoms with E-state index in [-0.39, 0.29) is 23.5 Å². The van der Waals surface area contributed by atoms with Crippen LogP contribution in [0.15, 0.2) is 24.3 Å². The van der Waals surface area contributed by atoms with Crippen LogP contribution in [-0.2, 0) is 9.47 Å². The Kier molecular flexibility index (Phi) is 6.96. The Balaban J connectivity index is 1.69. The molecular weight excluding hydrogens is 508 g/mol. The molecule has 1 unspecified atom stereocenters. The summed E-state index contributed by atoms with van der Waals surface area (Å²) in [5, 5.41) is 93.7. The maximum Gasteiger partial charge on any atom is 0.174 e. The van der Waals surface area contributed by atoms with Gasteiger partial charge in [-0.1, -0.05) is 12.1 Å². The SMILES string of the molecule is O=C1CC(c2ccc(O)cc2)Oc2c1c(O)c([C@@H]1OC[C@H](O)[C@H](O)[C@H]1O)c(O)c2[C@@H]1OC[C@@H](O)[C@H](O)[C@H]1O. The number of ketones is 1. The van der Waals surface area contributed by atoms with Crippen molar-refractivity contribution in [1.29, 1.82) is 0 Å². The zero-order chi connectivity index (χ0) is 27.5. The minimum Gasteiger partial charge on any atom is -0.508 e. The number of aliphatic hydroxyl groups excluding tert-OH is 6. The predicted molar refractivity (Wildman–Crippen MR) is 124 cm³/mol. The highest BCUT2D eigenvalue weighted by Crippen LogP contribution is 2.55. The van der Waals surface area contributed by atoms with Crippen LogP contribution in [0.5, 0.6) is 23.0 Å². The molecule has 0 amide bonds. The second kappa shape index (κ2) is 9.94. The summed E-state index contributed by atoms with van der Waals surface area (Å²) < 4.78 is 17.0. The van der Waals surface area contributed by atoms with E-state index in [4.69, 9.17) is 14.2 Å². The third-order valence-electron chi connectivity index (χ3n) is 7.22. The van der Waals surface area contributed by atoms with Crippen LogP contribution in [0.1, 0.15) is 51.8 Å². The molecule has 3 heterocycles. The molecule has 3 aliphatic heterocycles. The van der Waals surface area contributed by atoms with Crippen molar-refractivity contribution in [3.8, 4) is 23.0 Å². The molecule has 13 nitrogen and oxygen atoms in total. The number of phenolic OH excluding ortho intramolecular Hbond substituents is 3. The number of aliphatic hydroxyl groups is 6. The van der Waals surface area contributed by atoms with Crippen molar-refractivity contribution in [3.05, 3.63) is 46.5 Å². The van der Waals surface area contributed by atoms with Gasteiger partial charge < -0.3 is 60.2 Å². The molecule has 0 spiro atoms. The van der Waals surface area contributed by atoms with E-state index in [0.29, 0.717) is 5.56 Å². The molecule has 206 valence electrons. The second-order valence-electron chi connectivity index (χ2n) is 9.66. The molecule has 0 aliphatic carbocycles. The van der Waals surface area contributed by atoms with Gasteiger partial charge in [-0.2, -0.15) is 0 Å². The summed E-state index contributed by atoms with van der Waals surface area (Å²) in [7, 11) is 0. The molecule has 2 aromatic rings. The summed E-state index contributed by atoms with van der Waals surface area (Å²) in [4.78, 5) is 13.4. The quantitative estimate of drug-likeness (QED) is 0.225. The lowest BCUT2D eigenvalue weighted by Gasteiger charge is -2.40. The van der Waals surface area contributed by atoms with Crippen molar-refractivity contribution in [3.63, 3.8) is 0 Å². The van der Waals surface area contributed by atoms with Crippen LogP contribution in [0.2, 0.25) is 0 Å². The number of hydrogen-bond donors (Lipinski definition) is 9. The lowest BCUT2D eigenvalue weighted by Crippen LogP contribution is -2.50. The summed E-state index contributed by atoms with van der Waals surface area (Å²) in [5.74, 6) is -2.67. The Morgan fingerprint density at radius 2 is 1.21 bits per heavy atom. The number of carbonyl (C=O) groups is 1. The third kappa shape index (κ3) is 4.26. The Labute approximate surface area is 215 Å². The fourth-order valence-corrected chi connectivity index (χ4v) is 5.11. The Hall–Kier alpha value is -3.01. The molecule has 13 heteroatoms. The lowest BCUT2D eigenvalue weighted by molar-refractivity contribution is -0.192. The number of Topliss-reactive ketones (excluding diaryl/α,β-unsaturated/α-hetero) is 1. The minimum atomic E-state index is -1.84. The van der Waals surface area contributed by atoms with Gasteiger partial charge in [0.25, 0.3) is 0 Å². The fourth-order valence-electron chi connectivity index (χ4n) is 5.11. The number of ether oxygens (including phenoxy) is 3. The molecule has 2 aromatic carbocycles. The molecule has 9 atom stereocenters. The first-order valence-electron chi connectivity index (χ1n) is 11.9. The average Bonchev–Trinajstić information content (AvgIpc) is 2.88. The minimum absolute atomic E-state index is 0.0264. The summed E-state index contributed by atoms with van der Waals surface area (Å²) in [6, 6.07) is 5.78. The molecule has 0 radical (unpaired) electrons. The average molecular weight is 536 g/mol. The van der Waals surface area contributed by atoms with Crippen LogP contribution in [0.4, 0.5) is 0 Å². The van der Waals surface area contributed by atoms with Gasteiger partial charge >= 0.3 is 0 Å². The van der Waals surface area contributed by atoms with Crippen molar-refractivity contribution in [1.82, 2.24) is 0 Å². The Morgan fingerprint density at radius 3 is 1.76 bits per heavy atom. The van der Waals surface area contributed by atoms with E-state index in [2.05, 4.69) is 0 Å². The second-order valence-corrected chi connectivity index (χ2v) is 9.66. The van der Waals surface area contributed by atoms with E-state index in [1.165, 1.54) is 24.3 Å². The van der Waals surface area contributed by atoms with Gasteiger partial charge in [-0.15, -0.1) is 0 Å². The van der Waals surface area contributed by atoms with E-state index < -0.39 is 96.6 Å². The third-order valence-corrected chi connectivity index (χ3v) is 7.22. The van der Waals surface area contributed by atoms with Crippen LogP contribution in [0.25, 0.3) is 0 Å². The van der Waals surface area contributed by atoms with E-state index >= 15 is 0 Å². The molecule has 0 bridgehead atoms. The predicted octanol–water partition coefficient (Wildman–Crippen LogP) is -1.18. The number of fused-ring (bicyclic) bond motifs is 1. The summed E-state index contributed by atoms with van der Waals surface area (Å²) in [6.45, 7) is -0.939. The van der Waals surface area contributed by atoms with Gasteiger partial charge in [-0.05, 0) is 17.7 Å². The summed E-state index contributed by atoms with van der Waals surface area (Å²) >= 11 is 0. The molecule has 2 fully saturated rings. The van der Waals surface area contributed by atoms with Crippen molar-refractivity contribution >= 4 is 5.78 Å². The topological polar surface area (TPSA) is 227 Å². The summed E-state index contributed by atoms with van der Waals surface area (Å²) in [6.07, 6.45) is -14.4. The van der Waals surface area contributed by atoms with Gasteiger partial charge in [-0.3, -0.25) is 4.79 Å². The van der Waals surface area contributed by atoms with Gasteiger partial charge in [-0.25, -0.2) is 0 Å². The van der Waals surface area contributed by atoms with Crippen LogP contribution in [-0.4, -0.2) is 102 Å². The first kappa shape index (κ1) is 26.6. The normalized spacial score (nSPS) is 35.4. The highest BCUT2D eigenvalue weighted by molar-refractivity contribution is 6.04. The van der Waals surface area contributed by atoms with E-state index in [1.54, 1.807) is 0 Å². The largest absolute Gasteiger partial charge is 0.508 e. The number of hydrogen-bond acceptors (Lipinski definition) is 13. The van der Waals surface area contributed by atoms with Crippen molar-refractivity contribution in [2.45, 2.75) is 61.4 Å². The van der Waals surface area contributed by atoms with Crippen LogP contribution in [0, 0.1) is 0 Å². The van der Waals surface area contributed by atoms with Crippen LogP contribution >= 0.6 is 0 Å². The van der Waals surface area contributed by atoms with Crippen molar-refractivity contribution in [2.75, 3.05) is 13.2 Å². The number of carbonyl (C=O) groups excluding carboxylic acids is 1. The molecule has 38 heavy (non-hydrogen) atoms. The Bertz CT molecular complexity index is 1210. The molecule has 0 aromatic heterocycles. The number of aromatic hydroxyl groups is 3. The smallest absolute Gasteiger partial charge is 0.174 e. The van der Waals surface area contributed by atoms with Gasteiger partial charge in [0.1, 0.15) is 83.5 Å². The molecule has 0 saturated carbocycles. The fraction of sp³-hybridized carbons (Fsp3) is 0.480. The number of rotatable bonds is 3. The van der Waals surface area contributed by atoms with Crippen LogP contribution in [0.3, 0.4) is 0 Å². The van der Waals surface area contributed by atoms with E-state index in [0.717, 1.165) is 0 Å². The molecule has 2 saturated heterocycles. The lowest BCUT2D eigenvalue weighted by atomic mass is 9.83. The monoisotopic (exact) mass is 536 g/mol. The highest BCUT2D eigenvalue weighted by Gasteiger charge is 2.48. The van der Waals surface area contributed by atoms with Crippen molar-refractivity contribution < 1.29 is 65.0 Å².